The standard InChI is InChI=1S/C14H22N4O3/c1-9(19)7-5-6-8-18-13(20)11-12(17(4)14(18)21)15-10(2)16(11)3/h9,19H,5-8H2,1-4H3/t9-/m0/s1/i1D3,7D2. The lowest BCUT2D eigenvalue weighted by Crippen LogP contribution is -2.39. The largest absolute Gasteiger partial charge is 0.393 e. The Labute approximate surface area is 129 Å². The van der Waals surface area contributed by atoms with E-state index in [-0.39, 0.29) is 30.6 Å². The van der Waals surface area contributed by atoms with Crippen molar-refractivity contribution in [3.05, 3.63) is 26.7 Å². The van der Waals surface area contributed by atoms with Crippen molar-refractivity contribution in [2.75, 3.05) is 0 Å². The van der Waals surface area contributed by atoms with Crippen LogP contribution < -0.4 is 11.2 Å². The summed E-state index contributed by atoms with van der Waals surface area (Å²) in [5.41, 5.74) is -0.597. The lowest BCUT2D eigenvalue weighted by molar-refractivity contribution is 0.180. The van der Waals surface area contributed by atoms with Gasteiger partial charge in [0.15, 0.2) is 11.2 Å². The highest BCUT2D eigenvalue weighted by atomic mass is 16.3. The minimum Gasteiger partial charge on any atom is -0.393 e. The summed E-state index contributed by atoms with van der Waals surface area (Å²) < 4.78 is 40.7. The Balaban J connectivity index is 2.32. The molecule has 0 saturated carbocycles. The van der Waals surface area contributed by atoms with E-state index in [0.29, 0.717) is 5.82 Å². The number of aromatic nitrogens is 4. The molecule has 0 saturated heterocycles. The van der Waals surface area contributed by atoms with Crippen LogP contribution in [0.2, 0.25) is 0 Å². The van der Waals surface area contributed by atoms with Gasteiger partial charge in [0.25, 0.3) is 5.56 Å². The number of aliphatic hydroxyl groups excluding tert-OH is 1. The van der Waals surface area contributed by atoms with E-state index < -0.39 is 30.6 Å². The molecule has 116 valence electrons. The van der Waals surface area contributed by atoms with Gasteiger partial charge in [-0.2, -0.15) is 0 Å². The fraction of sp³-hybridized carbons (Fsp3) is 0.643. The van der Waals surface area contributed by atoms with E-state index in [1.54, 1.807) is 18.5 Å². The molecule has 0 fully saturated rings. The summed E-state index contributed by atoms with van der Waals surface area (Å²) >= 11 is 0. The zero-order valence-corrected chi connectivity index (χ0v) is 12.3. The first-order chi connectivity index (χ1) is 11.8. The first-order valence-electron chi connectivity index (χ1n) is 9.10. The summed E-state index contributed by atoms with van der Waals surface area (Å²) in [5.74, 6) is 0.571. The monoisotopic (exact) mass is 299 g/mol. The Morgan fingerprint density at radius 1 is 1.33 bits per heavy atom. The Morgan fingerprint density at radius 3 is 2.71 bits per heavy atom. The normalized spacial score (nSPS) is 17.8. The third kappa shape index (κ3) is 2.78. The molecule has 0 amide bonds. The van der Waals surface area contributed by atoms with Crippen LogP contribution in [0.1, 0.15) is 38.7 Å². The average Bonchev–Trinajstić information content (AvgIpc) is 2.82. The molecule has 21 heavy (non-hydrogen) atoms. The first kappa shape index (κ1) is 9.94. The van der Waals surface area contributed by atoms with Gasteiger partial charge in [0, 0.05) is 27.5 Å². The maximum Gasteiger partial charge on any atom is 0.332 e. The SMILES string of the molecule is [2H]C([2H])([2H])[C@H](O)C([2H])([2H])CCCn1c(=O)c2c(nc(C)n2C)n(C)c1=O. The molecule has 0 aromatic carbocycles. The van der Waals surface area contributed by atoms with Crippen molar-refractivity contribution in [1.29, 1.82) is 0 Å². The molecule has 2 heterocycles. The van der Waals surface area contributed by atoms with Gasteiger partial charge in [0.2, 0.25) is 0 Å². The number of hydrogen-bond acceptors (Lipinski definition) is 4. The molecule has 0 aliphatic rings. The number of imidazole rings is 1. The van der Waals surface area contributed by atoms with Gasteiger partial charge in [-0.05, 0) is 33.0 Å². The van der Waals surface area contributed by atoms with E-state index in [2.05, 4.69) is 4.98 Å². The Morgan fingerprint density at radius 2 is 2.05 bits per heavy atom. The number of aliphatic hydroxyl groups is 1. The van der Waals surface area contributed by atoms with E-state index in [9.17, 15) is 14.7 Å². The Hall–Kier alpha value is -1.89. The predicted molar refractivity (Wildman–Crippen MR) is 80.5 cm³/mol. The van der Waals surface area contributed by atoms with Gasteiger partial charge in [0.05, 0.1) is 6.10 Å². The number of nitrogens with zero attached hydrogens (tertiary/aromatic N) is 4. The minimum absolute atomic E-state index is 0.0115. The fourth-order valence-electron chi connectivity index (χ4n) is 2.23. The molecule has 0 unspecified atom stereocenters. The van der Waals surface area contributed by atoms with Crippen LogP contribution in [0.4, 0.5) is 0 Å². The number of aryl methyl sites for hydroxylation is 3. The van der Waals surface area contributed by atoms with E-state index in [4.69, 9.17) is 6.85 Å². The summed E-state index contributed by atoms with van der Waals surface area (Å²) in [4.78, 5) is 29.3. The molecule has 0 spiro atoms. The van der Waals surface area contributed by atoms with Gasteiger partial charge in [-0.3, -0.25) is 13.9 Å². The number of rotatable bonds is 5. The molecule has 7 heteroatoms. The highest BCUT2D eigenvalue weighted by Crippen LogP contribution is 2.08. The van der Waals surface area contributed by atoms with Crippen molar-refractivity contribution < 1.29 is 12.0 Å². The fourth-order valence-corrected chi connectivity index (χ4v) is 2.23. The Bertz CT molecular complexity index is 941. The summed E-state index contributed by atoms with van der Waals surface area (Å²) in [6.45, 7) is -1.24. The predicted octanol–water partition coefficient (Wildman–Crippen LogP) is 0.293. The maximum atomic E-state index is 12.6. The molecule has 0 aliphatic heterocycles. The second kappa shape index (κ2) is 5.85. The van der Waals surface area contributed by atoms with Gasteiger partial charge in [-0.1, -0.05) is 0 Å². The van der Waals surface area contributed by atoms with Crippen molar-refractivity contribution in [3.8, 4) is 0 Å². The van der Waals surface area contributed by atoms with Crippen LogP contribution in [0.3, 0.4) is 0 Å². The molecule has 2 aromatic heterocycles. The third-order valence-electron chi connectivity index (χ3n) is 3.48. The van der Waals surface area contributed by atoms with Gasteiger partial charge >= 0.3 is 5.69 Å². The molecule has 0 aliphatic carbocycles. The zero-order chi connectivity index (χ0) is 20.0. The van der Waals surface area contributed by atoms with Crippen LogP contribution in [0.5, 0.6) is 0 Å². The zero-order valence-electron chi connectivity index (χ0n) is 17.3. The number of fused-ring (bicyclic) bond motifs is 1. The molecular formula is C14H22N4O3. The summed E-state index contributed by atoms with van der Waals surface area (Å²) in [7, 11) is 3.15. The summed E-state index contributed by atoms with van der Waals surface area (Å²) in [5, 5.41) is 9.66. The van der Waals surface area contributed by atoms with E-state index in [1.165, 1.54) is 11.6 Å². The average molecular weight is 299 g/mol. The lowest BCUT2D eigenvalue weighted by atomic mass is 10.2. The number of hydrogen-bond donors (Lipinski definition) is 1. The summed E-state index contributed by atoms with van der Waals surface area (Å²) in [6, 6.07) is 0. The van der Waals surface area contributed by atoms with Crippen molar-refractivity contribution in [1.82, 2.24) is 18.7 Å². The minimum atomic E-state index is -2.85. The van der Waals surface area contributed by atoms with Gasteiger partial charge in [0.1, 0.15) is 5.82 Å². The lowest BCUT2D eigenvalue weighted by Gasteiger charge is -2.09. The smallest absolute Gasteiger partial charge is 0.332 e. The van der Waals surface area contributed by atoms with Crippen LogP contribution >= 0.6 is 0 Å². The van der Waals surface area contributed by atoms with Crippen LogP contribution in [-0.4, -0.2) is 29.9 Å². The van der Waals surface area contributed by atoms with Gasteiger partial charge < -0.3 is 9.67 Å². The molecule has 1 atom stereocenters. The second-order valence-electron chi connectivity index (χ2n) is 4.90. The van der Waals surface area contributed by atoms with Crippen molar-refractivity contribution in [2.24, 2.45) is 14.1 Å². The van der Waals surface area contributed by atoms with E-state index in [1.807, 2.05) is 0 Å². The molecule has 0 bridgehead atoms. The quantitative estimate of drug-likeness (QED) is 0.860. The van der Waals surface area contributed by atoms with Gasteiger partial charge in [-0.15, -0.1) is 0 Å². The maximum absolute atomic E-state index is 12.6. The van der Waals surface area contributed by atoms with Crippen LogP contribution in [0.25, 0.3) is 11.2 Å². The third-order valence-corrected chi connectivity index (χ3v) is 3.48. The first-order valence-corrected chi connectivity index (χ1v) is 6.60. The molecular weight excluding hydrogens is 272 g/mol. The van der Waals surface area contributed by atoms with Crippen LogP contribution in [-0.2, 0) is 20.6 Å². The van der Waals surface area contributed by atoms with Crippen molar-refractivity contribution in [2.45, 2.75) is 45.6 Å². The van der Waals surface area contributed by atoms with Crippen LogP contribution in [0.15, 0.2) is 9.59 Å². The molecule has 1 N–H and O–H groups in total. The van der Waals surface area contributed by atoms with Crippen LogP contribution in [0, 0.1) is 6.92 Å². The van der Waals surface area contributed by atoms with Crippen molar-refractivity contribution in [3.63, 3.8) is 0 Å². The Kier molecular flexibility index (Phi) is 2.77. The molecule has 0 radical (unpaired) electrons. The summed E-state index contributed by atoms with van der Waals surface area (Å²) in [6.07, 6.45) is -4.81. The highest BCUT2D eigenvalue weighted by molar-refractivity contribution is 5.70. The molecule has 2 rings (SSSR count). The molecule has 7 nitrogen and oxygen atoms in total. The highest BCUT2D eigenvalue weighted by Gasteiger charge is 2.16. The molecule has 2 aromatic rings. The second-order valence-corrected chi connectivity index (χ2v) is 4.90. The van der Waals surface area contributed by atoms with Gasteiger partial charge in [-0.25, -0.2) is 9.78 Å². The topological polar surface area (TPSA) is 82.1 Å². The van der Waals surface area contributed by atoms with Crippen molar-refractivity contribution >= 4 is 11.2 Å². The van der Waals surface area contributed by atoms with E-state index in [0.717, 1.165) is 4.57 Å². The van der Waals surface area contributed by atoms with E-state index >= 15 is 0 Å².